The number of hydrogen-bond acceptors (Lipinski definition) is 3. The van der Waals surface area contributed by atoms with Crippen LogP contribution in [0.2, 0.25) is 10.0 Å². The monoisotopic (exact) mass is 565 g/mol. The van der Waals surface area contributed by atoms with E-state index in [1.807, 2.05) is 56.3 Å². The largest absolute Gasteiger partial charge is 0.494 e. The van der Waals surface area contributed by atoms with Crippen molar-refractivity contribution < 1.29 is 9.53 Å². The van der Waals surface area contributed by atoms with Crippen molar-refractivity contribution in [3.8, 4) is 5.75 Å². The number of amides is 1. The van der Waals surface area contributed by atoms with Crippen LogP contribution in [0.15, 0.2) is 60.7 Å². The number of hydrogen-bond donors (Lipinski definition) is 1. The Morgan fingerprint density at radius 2 is 1.67 bits per heavy atom. The van der Waals surface area contributed by atoms with Crippen LogP contribution in [0, 0.1) is 13.8 Å². The molecule has 0 aliphatic heterocycles. The first-order chi connectivity index (χ1) is 18.9. The van der Waals surface area contributed by atoms with Gasteiger partial charge < -0.3 is 14.6 Å². The third-order valence-corrected chi connectivity index (χ3v) is 7.86. The summed E-state index contributed by atoms with van der Waals surface area (Å²) >= 11 is 12.4. The number of imidazole rings is 1. The number of rotatable bonds is 14. The number of aromatic nitrogens is 2. The number of fused-ring (bicyclic) bond motifs is 1. The molecule has 0 radical (unpaired) electrons. The Labute approximate surface area is 241 Å². The highest BCUT2D eigenvalue weighted by Gasteiger charge is 2.11. The third kappa shape index (κ3) is 8.23. The lowest BCUT2D eigenvalue weighted by atomic mass is 10.1. The summed E-state index contributed by atoms with van der Waals surface area (Å²) < 4.78 is 8.36. The van der Waals surface area contributed by atoms with Crippen LogP contribution in [0.25, 0.3) is 11.0 Å². The predicted octanol–water partition coefficient (Wildman–Crippen LogP) is 7.89. The van der Waals surface area contributed by atoms with E-state index < -0.39 is 0 Å². The van der Waals surface area contributed by atoms with Crippen molar-refractivity contribution in [2.45, 2.75) is 65.3 Å². The molecule has 1 amide bonds. The normalized spacial score (nSPS) is 11.2. The maximum absolute atomic E-state index is 12.2. The number of nitrogens with zero attached hydrogens (tertiary/aromatic N) is 2. The van der Waals surface area contributed by atoms with Crippen LogP contribution in [-0.4, -0.2) is 28.6 Å². The van der Waals surface area contributed by atoms with Crippen LogP contribution in [-0.2, 0) is 24.2 Å². The van der Waals surface area contributed by atoms with E-state index >= 15 is 0 Å². The number of benzene rings is 3. The first kappa shape index (κ1) is 29.0. The molecule has 39 heavy (non-hydrogen) atoms. The number of carbonyl (C=O) groups excluding carboxylic acids is 1. The molecule has 5 nitrogen and oxygen atoms in total. The van der Waals surface area contributed by atoms with Crippen LogP contribution < -0.4 is 10.1 Å². The number of halogens is 2. The van der Waals surface area contributed by atoms with E-state index in [1.54, 1.807) is 0 Å². The van der Waals surface area contributed by atoms with Crippen molar-refractivity contribution in [3.05, 3.63) is 93.2 Å². The summed E-state index contributed by atoms with van der Waals surface area (Å²) in [5.41, 5.74) is 5.17. The molecule has 0 bridgehead atoms. The number of para-hydroxylation sites is 2. The Bertz CT molecular complexity index is 1380. The van der Waals surface area contributed by atoms with E-state index in [0.29, 0.717) is 24.6 Å². The Morgan fingerprint density at radius 1 is 0.923 bits per heavy atom. The van der Waals surface area contributed by atoms with Gasteiger partial charge in [0.2, 0.25) is 5.91 Å². The summed E-state index contributed by atoms with van der Waals surface area (Å²) in [5.74, 6) is 2.02. The van der Waals surface area contributed by atoms with Crippen molar-refractivity contribution in [1.82, 2.24) is 14.9 Å². The molecule has 1 aromatic heterocycles. The van der Waals surface area contributed by atoms with Gasteiger partial charge in [-0.3, -0.25) is 4.79 Å². The fourth-order valence-corrected chi connectivity index (χ4v) is 5.12. The Balaban J connectivity index is 1.21. The molecule has 0 unspecified atom stereocenters. The summed E-state index contributed by atoms with van der Waals surface area (Å²) in [6.45, 7) is 6.27. The summed E-state index contributed by atoms with van der Waals surface area (Å²) in [5, 5.41) is 4.45. The minimum atomic E-state index is 0.00945. The van der Waals surface area contributed by atoms with E-state index in [1.165, 1.54) is 5.52 Å². The van der Waals surface area contributed by atoms with Crippen LogP contribution >= 0.6 is 23.2 Å². The molecule has 4 rings (SSSR count). The van der Waals surface area contributed by atoms with Crippen molar-refractivity contribution in [3.63, 3.8) is 0 Å². The summed E-state index contributed by atoms with van der Waals surface area (Å²) in [6, 6.07) is 19.8. The zero-order valence-corrected chi connectivity index (χ0v) is 24.3. The second kappa shape index (κ2) is 14.4. The molecular formula is C32H37Cl2N3O2. The van der Waals surface area contributed by atoms with Crippen LogP contribution in [0.5, 0.6) is 5.75 Å². The number of aryl methyl sites for hydroxylation is 4. The summed E-state index contributed by atoms with van der Waals surface area (Å²) in [4.78, 5) is 17.2. The maximum Gasteiger partial charge on any atom is 0.224 e. The van der Waals surface area contributed by atoms with Crippen molar-refractivity contribution >= 4 is 40.1 Å². The number of nitrogens with one attached hydrogen (secondary N) is 1. The molecule has 0 fully saturated rings. The molecule has 4 aromatic rings. The summed E-state index contributed by atoms with van der Waals surface area (Å²) in [7, 11) is 0. The fraction of sp³-hybridized carbons (Fsp3) is 0.375. The molecule has 0 spiro atoms. The molecule has 0 saturated carbocycles. The Morgan fingerprint density at radius 3 is 2.46 bits per heavy atom. The van der Waals surface area contributed by atoms with Gasteiger partial charge in [0, 0.05) is 29.6 Å². The van der Waals surface area contributed by atoms with Gasteiger partial charge in [0.25, 0.3) is 0 Å². The van der Waals surface area contributed by atoms with Crippen LogP contribution in [0.1, 0.15) is 54.6 Å². The number of carbonyl (C=O) groups is 1. The van der Waals surface area contributed by atoms with E-state index in [2.05, 4.69) is 28.1 Å². The zero-order chi connectivity index (χ0) is 27.6. The summed E-state index contributed by atoms with van der Waals surface area (Å²) in [6.07, 6.45) is 6.20. The predicted molar refractivity (Wildman–Crippen MR) is 161 cm³/mol. The highest BCUT2D eigenvalue weighted by Crippen LogP contribution is 2.26. The highest BCUT2D eigenvalue weighted by atomic mass is 35.5. The third-order valence-electron chi connectivity index (χ3n) is 6.90. The lowest BCUT2D eigenvalue weighted by Crippen LogP contribution is -2.26. The molecule has 0 aliphatic rings. The van der Waals surface area contributed by atoms with Gasteiger partial charge in [-0.25, -0.2) is 4.98 Å². The average Bonchev–Trinajstić information content (AvgIpc) is 3.27. The molecule has 0 aliphatic carbocycles. The molecule has 3 aromatic carbocycles. The van der Waals surface area contributed by atoms with Crippen molar-refractivity contribution in [2.24, 2.45) is 0 Å². The Kier molecular flexibility index (Phi) is 10.7. The average molecular weight is 567 g/mol. The second-order valence-electron chi connectivity index (χ2n) is 10.0. The molecule has 0 atom stereocenters. The molecule has 1 heterocycles. The van der Waals surface area contributed by atoms with Crippen LogP contribution in [0.4, 0.5) is 0 Å². The molecule has 0 saturated heterocycles. The van der Waals surface area contributed by atoms with Gasteiger partial charge in [-0.2, -0.15) is 0 Å². The minimum Gasteiger partial charge on any atom is -0.494 e. The van der Waals surface area contributed by atoms with E-state index in [9.17, 15) is 4.79 Å². The quantitative estimate of drug-likeness (QED) is 0.158. The Hall–Kier alpha value is -3.02. The van der Waals surface area contributed by atoms with Gasteiger partial charge in [0.1, 0.15) is 11.6 Å². The maximum atomic E-state index is 12.2. The number of unbranched alkanes of at least 4 members (excludes halogenated alkanes) is 3. The number of ether oxygens (including phenoxy) is 1. The van der Waals surface area contributed by atoms with Gasteiger partial charge in [0.05, 0.1) is 24.1 Å². The lowest BCUT2D eigenvalue weighted by Gasteiger charge is -2.12. The SMILES string of the molecule is Cc1cc(OCCCCn2c(CCCCCNC(=O)Cc3ccccc3Cl)nc3ccccc32)cc(C)c1Cl. The molecule has 7 heteroatoms. The molecule has 206 valence electrons. The van der Waals surface area contributed by atoms with E-state index in [-0.39, 0.29) is 5.91 Å². The van der Waals surface area contributed by atoms with Gasteiger partial charge in [0.15, 0.2) is 0 Å². The molecule has 1 N–H and O–H groups in total. The zero-order valence-electron chi connectivity index (χ0n) is 22.8. The van der Waals surface area contributed by atoms with Gasteiger partial charge in [-0.1, -0.05) is 60.0 Å². The fourth-order valence-electron chi connectivity index (χ4n) is 4.81. The molecular weight excluding hydrogens is 529 g/mol. The highest BCUT2D eigenvalue weighted by molar-refractivity contribution is 6.32. The minimum absolute atomic E-state index is 0.00945. The van der Waals surface area contributed by atoms with Crippen molar-refractivity contribution in [1.29, 1.82) is 0 Å². The smallest absolute Gasteiger partial charge is 0.224 e. The van der Waals surface area contributed by atoms with Crippen molar-refractivity contribution in [2.75, 3.05) is 13.2 Å². The van der Waals surface area contributed by atoms with E-state index in [4.69, 9.17) is 32.9 Å². The van der Waals surface area contributed by atoms with Gasteiger partial charge >= 0.3 is 0 Å². The second-order valence-corrected chi connectivity index (χ2v) is 10.8. The van der Waals surface area contributed by atoms with E-state index in [0.717, 1.165) is 83.9 Å². The topological polar surface area (TPSA) is 56.1 Å². The first-order valence-electron chi connectivity index (χ1n) is 13.8. The van der Waals surface area contributed by atoms with Gasteiger partial charge in [-0.15, -0.1) is 0 Å². The lowest BCUT2D eigenvalue weighted by molar-refractivity contribution is -0.120. The van der Waals surface area contributed by atoms with Gasteiger partial charge in [-0.05, 0) is 86.6 Å². The first-order valence-corrected chi connectivity index (χ1v) is 14.5. The standard InChI is InChI=1S/C32H37Cl2N3O2/c1-23-20-26(21-24(2)32(23)34)39-19-11-10-18-37-29-15-8-7-14-28(29)36-30(37)16-4-3-9-17-35-31(38)22-25-12-5-6-13-27(25)33/h5-8,12-15,20-21H,3-4,9-11,16-19,22H2,1-2H3,(H,35,38). The van der Waals surface area contributed by atoms with Crippen LogP contribution in [0.3, 0.4) is 0 Å².